The molecule has 0 aliphatic carbocycles. The Balaban J connectivity index is 2.63. The van der Waals surface area contributed by atoms with Crippen molar-refractivity contribution in [2.24, 2.45) is 7.05 Å². The first-order valence-electron chi connectivity index (χ1n) is 4.04. The van der Waals surface area contributed by atoms with Crippen LogP contribution >= 0.6 is 0 Å². The van der Waals surface area contributed by atoms with Gasteiger partial charge < -0.3 is 14.8 Å². The first kappa shape index (κ1) is 10.5. The van der Waals surface area contributed by atoms with Gasteiger partial charge in [-0.05, 0) is 0 Å². The van der Waals surface area contributed by atoms with E-state index < -0.39 is 0 Å². The summed E-state index contributed by atoms with van der Waals surface area (Å²) in [5.41, 5.74) is 0. The van der Waals surface area contributed by atoms with Crippen LogP contribution in [0.5, 0.6) is 5.88 Å². The molecule has 1 aromatic heterocycles. The summed E-state index contributed by atoms with van der Waals surface area (Å²) in [6.07, 6.45) is 0. The van der Waals surface area contributed by atoms with E-state index in [1.54, 1.807) is 13.1 Å². The lowest BCUT2D eigenvalue weighted by Crippen LogP contribution is -2.17. The number of hydrogen-bond donors (Lipinski definition) is 1. The largest absolute Gasteiger partial charge is 0.481 e. The van der Waals surface area contributed by atoms with Crippen LogP contribution < -0.4 is 10.1 Å². The van der Waals surface area contributed by atoms with Crippen molar-refractivity contribution in [2.45, 2.75) is 0 Å². The van der Waals surface area contributed by atoms with Crippen LogP contribution in [-0.4, -0.2) is 36.5 Å². The zero-order chi connectivity index (χ0) is 10.6. The molecule has 0 saturated carbocycles. The number of carbonyl (C=O) groups excluding carboxylic acids is 1. The number of aryl methyl sites for hydroxylation is 1. The number of nitrogens with zero attached hydrogens (tertiary/aromatic N) is 2. The van der Waals surface area contributed by atoms with Crippen LogP contribution in [0.25, 0.3) is 0 Å². The maximum Gasteiger partial charge on any atom is 0.251 e. The Kier molecular flexibility index (Phi) is 3.47. The van der Waals surface area contributed by atoms with Crippen LogP contribution in [0.15, 0.2) is 6.07 Å². The molecule has 1 heterocycles. The van der Waals surface area contributed by atoms with E-state index in [2.05, 4.69) is 15.2 Å². The second-order valence-electron chi connectivity index (χ2n) is 2.68. The van der Waals surface area contributed by atoms with Gasteiger partial charge in [-0.2, -0.15) is 5.10 Å². The molecule has 78 valence electrons. The lowest BCUT2D eigenvalue weighted by molar-refractivity contribution is -0.119. The molecule has 6 nitrogen and oxygen atoms in total. The van der Waals surface area contributed by atoms with Crippen LogP contribution in [0.3, 0.4) is 0 Å². The normalized spacial score (nSPS) is 9.93. The fourth-order valence-corrected chi connectivity index (χ4v) is 1.01. The average Bonchev–Trinajstić information content (AvgIpc) is 2.46. The van der Waals surface area contributed by atoms with Crippen molar-refractivity contribution in [1.29, 1.82) is 0 Å². The maximum atomic E-state index is 11.1. The van der Waals surface area contributed by atoms with E-state index in [4.69, 9.17) is 4.74 Å². The van der Waals surface area contributed by atoms with Crippen molar-refractivity contribution >= 4 is 11.7 Å². The molecule has 1 N–H and O–H groups in total. The van der Waals surface area contributed by atoms with Gasteiger partial charge >= 0.3 is 0 Å². The van der Waals surface area contributed by atoms with E-state index in [-0.39, 0.29) is 12.5 Å². The molecule has 0 spiro atoms. The third kappa shape index (κ3) is 2.46. The van der Waals surface area contributed by atoms with Crippen molar-refractivity contribution in [3.05, 3.63) is 6.07 Å². The van der Waals surface area contributed by atoms with Crippen LogP contribution in [0.1, 0.15) is 0 Å². The summed E-state index contributed by atoms with van der Waals surface area (Å²) in [4.78, 5) is 11.1. The SMILES string of the molecule is COCC(=O)Nc1cc(OC)n(C)n1. The molecule has 0 saturated heterocycles. The van der Waals surface area contributed by atoms with Gasteiger partial charge in [0.1, 0.15) is 6.61 Å². The predicted molar refractivity (Wildman–Crippen MR) is 50.3 cm³/mol. The fourth-order valence-electron chi connectivity index (χ4n) is 1.01. The minimum atomic E-state index is -0.242. The molecule has 0 fully saturated rings. The topological polar surface area (TPSA) is 65.4 Å². The van der Waals surface area contributed by atoms with Crippen molar-refractivity contribution in [3.8, 4) is 5.88 Å². The molecule has 14 heavy (non-hydrogen) atoms. The number of amides is 1. The Morgan fingerprint density at radius 3 is 2.86 bits per heavy atom. The number of methoxy groups -OCH3 is 2. The Morgan fingerprint density at radius 1 is 1.64 bits per heavy atom. The summed E-state index contributed by atoms with van der Waals surface area (Å²) in [7, 11) is 4.72. The van der Waals surface area contributed by atoms with Crippen LogP contribution in [-0.2, 0) is 16.6 Å². The minimum Gasteiger partial charge on any atom is -0.481 e. The Bertz CT molecular complexity index is 322. The zero-order valence-corrected chi connectivity index (χ0v) is 8.40. The number of carbonyl (C=O) groups is 1. The van der Waals surface area contributed by atoms with E-state index in [1.807, 2.05) is 0 Å². The number of aromatic nitrogens is 2. The third-order valence-corrected chi connectivity index (χ3v) is 1.59. The summed E-state index contributed by atoms with van der Waals surface area (Å²) in [6, 6.07) is 1.63. The first-order valence-corrected chi connectivity index (χ1v) is 4.04. The van der Waals surface area contributed by atoms with E-state index >= 15 is 0 Å². The van der Waals surface area contributed by atoms with Crippen molar-refractivity contribution in [3.63, 3.8) is 0 Å². The summed E-state index contributed by atoms with van der Waals surface area (Å²) < 4.78 is 11.2. The van der Waals surface area contributed by atoms with E-state index in [0.29, 0.717) is 11.7 Å². The predicted octanol–water partition coefficient (Wildman–Crippen LogP) is 0.0136. The van der Waals surface area contributed by atoms with Gasteiger partial charge in [0.15, 0.2) is 5.82 Å². The standard InChI is InChI=1S/C8H13N3O3/c1-11-8(14-3)4-6(10-11)9-7(12)5-13-2/h4H,5H2,1-3H3,(H,9,10,12). The summed E-state index contributed by atoms with van der Waals surface area (Å²) >= 11 is 0. The molecule has 1 aromatic rings. The van der Waals surface area contributed by atoms with Crippen molar-refractivity contribution in [2.75, 3.05) is 26.1 Å². The Hall–Kier alpha value is -1.56. The molecule has 0 atom stereocenters. The molecule has 0 aliphatic rings. The Labute approximate surface area is 81.8 Å². The molecule has 6 heteroatoms. The van der Waals surface area contributed by atoms with Crippen molar-refractivity contribution in [1.82, 2.24) is 9.78 Å². The Morgan fingerprint density at radius 2 is 2.36 bits per heavy atom. The maximum absolute atomic E-state index is 11.1. The smallest absolute Gasteiger partial charge is 0.251 e. The fraction of sp³-hybridized carbons (Fsp3) is 0.500. The minimum absolute atomic E-state index is 0.0128. The molecule has 1 rings (SSSR count). The van der Waals surface area contributed by atoms with Crippen molar-refractivity contribution < 1.29 is 14.3 Å². The number of hydrogen-bond acceptors (Lipinski definition) is 4. The van der Waals surface area contributed by atoms with Crippen LogP contribution in [0.4, 0.5) is 5.82 Å². The van der Waals surface area contributed by atoms with Gasteiger partial charge in [0, 0.05) is 20.2 Å². The highest BCUT2D eigenvalue weighted by molar-refractivity contribution is 5.90. The van der Waals surface area contributed by atoms with Gasteiger partial charge in [-0.15, -0.1) is 0 Å². The molecule has 1 amide bonds. The molecule has 0 aromatic carbocycles. The highest BCUT2D eigenvalue weighted by Crippen LogP contribution is 2.14. The van der Waals surface area contributed by atoms with Gasteiger partial charge in [-0.3, -0.25) is 4.79 Å². The second-order valence-corrected chi connectivity index (χ2v) is 2.68. The highest BCUT2D eigenvalue weighted by atomic mass is 16.5. The van der Waals surface area contributed by atoms with E-state index in [9.17, 15) is 4.79 Å². The third-order valence-electron chi connectivity index (χ3n) is 1.59. The molecule has 0 bridgehead atoms. The van der Waals surface area contributed by atoms with Gasteiger partial charge in [0.2, 0.25) is 5.88 Å². The number of ether oxygens (including phenoxy) is 2. The quantitative estimate of drug-likeness (QED) is 0.742. The molecule has 0 radical (unpaired) electrons. The first-order chi connectivity index (χ1) is 6.67. The summed E-state index contributed by atoms with van der Waals surface area (Å²) in [5.74, 6) is 0.789. The summed E-state index contributed by atoms with van der Waals surface area (Å²) in [6.45, 7) is 0.0128. The number of nitrogens with one attached hydrogen (secondary N) is 1. The highest BCUT2D eigenvalue weighted by Gasteiger charge is 2.07. The second kappa shape index (κ2) is 4.61. The molecular formula is C8H13N3O3. The molecule has 0 unspecified atom stereocenters. The van der Waals surface area contributed by atoms with Gasteiger partial charge in [-0.25, -0.2) is 4.68 Å². The van der Waals surface area contributed by atoms with Gasteiger partial charge in [0.25, 0.3) is 5.91 Å². The van der Waals surface area contributed by atoms with E-state index in [0.717, 1.165) is 0 Å². The summed E-state index contributed by atoms with van der Waals surface area (Å²) in [5, 5.41) is 6.57. The van der Waals surface area contributed by atoms with Crippen LogP contribution in [0, 0.1) is 0 Å². The molecule has 0 aliphatic heterocycles. The monoisotopic (exact) mass is 199 g/mol. The lowest BCUT2D eigenvalue weighted by atomic mass is 10.5. The van der Waals surface area contributed by atoms with E-state index in [1.165, 1.54) is 18.9 Å². The number of rotatable bonds is 4. The van der Waals surface area contributed by atoms with Gasteiger partial charge in [0.05, 0.1) is 7.11 Å². The average molecular weight is 199 g/mol. The molecular weight excluding hydrogens is 186 g/mol. The zero-order valence-electron chi connectivity index (χ0n) is 8.40. The number of anilines is 1. The lowest BCUT2D eigenvalue weighted by Gasteiger charge is -1.98. The van der Waals surface area contributed by atoms with Gasteiger partial charge in [-0.1, -0.05) is 0 Å². The van der Waals surface area contributed by atoms with Crippen LogP contribution in [0.2, 0.25) is 0 Å².